The fraction of sp³-hybridized carbons (Fsp3) is 0.944. The van der Waals surface area contributed by atoms with Crippen LogP contribution in [0.4, 0.5) is 0 Å². The molecule has 0 bridgehead atoms. The lowest BCUT2D eigenvalue weighted by Gasteiger charge is -2.45. The van der Waals surface area contributed by atoms with E-state index in [0.29, 0.717) is 17.9 Å². The summed E-state index contributed by atoms with van der Waals surface area (Å²) in [5, 5.41) is 0. The van der Waals surface area contributed by atoms with Gasteiger partial charge in [0.05, 0.1) is 5.60 Å². The Kier molecular flexibility index (Phi) is 5.00. The van der Waals surface area contributed by atoms with Gasteiger partial charge in [-0.3, -0.25) is 9.69 Å². The minimum Gasteiger partial charge on any atom is -0.375 e. The minimum atomic E-state index is 0.190. The molecule has 3 rings (SSSR count). The highest BCUT2D eigenvalue weighted by molar-refractivity contribution is 5.76. The lowest BCUT2D eigenvalue weighted by Crippen LogP contribution is -2.51. The van der Waals surface area contributed by atoms with Crippen molar-refractivity contribution >= 4 is 5.78 Å². The van der Waals surface area contributed by atoms with Crippen molar-refractivity contribution in [3.05, 3.63) is 0 Å². The van der Waals surface area contributed by atoms with Gasteiger partial charge in [-0.2, -0.15) is 0 Å². The number of ketones is 1. The zero-order valence-corrected chi connectivity index (χ0v) is 13.6. The van der Waals surface area contributed by atoms with Crippen LogP contribution in [0.1, 0.15) is 77.6 Å². The average molecular weight is 293 g/mol. The van der Waals surface area contributed by atoms with Gasteiger partial charge >= 0.3 is 0 Å². The van der Waals surface area contributed by atoms with Gasteiger partial charge in [-0.05, 0) is 52.0 Å². The molecule has 2 aliphatic heterocycles. The molecule has 2 atom stereocenters. The van der Waals surface area contributed by atoms with Gasteiger partial charge in [0.25, 0.3) is 0 Å². The molecule has 21 heavy (non-hydrogen) atoms. The van der Waals surface area contributed by atoms with Crippen molar-refractivity contribution in [2.24, 2.45) is 0 Å². The highest BCUT2D eigenvalue weighted by Crippen LogP contribution is 2.42. The van der Waals surface area contributed by atoms with E-state index in [1.165, 1.54) is 64.3 Å². The molecule has 0 amide bonds. The van der Waals surface area contributed by atoms with E-state index in [4.69, 9.17) is 4.74 Å². The number of hydrogen-bond acceptors (Lipinski definition) is 3. The summed E-state index contributed by atoms with van der Waals surface area (Å²) < 4.78 is 6.20. The van der Waals surface area contributed by atoms with E-state index in [1.54, 1.807) is 6.92 Å². The first kappa shape index (κ1) is 15.5. The van der Waals surface area contributed by atoms with Crippen LogP contribution in [0.5, 0.6) is 0 Å². The number of carbonyl (C=O) groups excluding carboxylic acids is 1. The normalized spacial score (nSPS) is 34.0. The van der Waals surface area contributed by atoms with Crippen LogP contribution in [0.2, 0.25) is 0 Å². The smallest absolute Gasteiger partial charge is 0.131 e. The highest BCUT2D eigenvalue weighted by Gasteiger charge is 2.42. The first-order valence-electron chi connectivity index (χ1n) is 9.08. The van der Waals surface area contributed by atoms with Gasteiger partial charge in [-0.15, -0.1) is 0 Å². The van der Waals surface area contributed by atoms with Crippen LogP contribution in [-0.4, -0.2) is 41.5 Å². The van der Waals surface area contributed by atoms with Gasteiger partial charge in [0, 0.05) is 25.1 Å². The summed E-state index contributed by atoms with van der Waals surface area (Å²) in [6.45, 7) is 3.87. The molecule has 1 saturated carbocycles. The Bertz CT molecular complexity index is 362. The van der Waals surface area contributed by atoms with Crippen LogP contribution in [0.3, 0.4) is 0 Å². The number of carbonyl (C=O) groups is 1. The molecule has 0 aromatic rings. The molecule has 3 heteroatoms. The molecule has 0 aromatic heterocycles. The number of ether oxygens (including phenoxy) is 1. The molecule has 2 saturated heterocycles. The molecule has 0 aromatic carbocycles. The predicted molar refractivity (Wildman–Crippen MR) is 84.4 cm³/mol. The monoisotopic (exact) mass is 293 g/mol. The fourth-order valence-electron chi connectivity index (χ4n) is 4.88. The van der Waals surface area contributed by atoms with Crippen LogP contribution in [0.25, 0.3) is 0 Å². The van der Waals surface area contributed by atoms with E-state index in [2.05, 4.69) is 4.90 Å². The summed E-state index contributed by atoms with van der Waals surface area (Å²) in [4.78, 5) is 14.4. The second kappa shape index (κ2) is 6.78. The molecule has 3 fully saturated rings. The van der Waals surface area contributed by atoms with Crippen LogP contribution in [0, 0.1) is 0 Å². The molecule has 2 heterocycles. The molecule has 0 N–H and O–H groups in total. The zero-order valence-electron chi connectivity index (χ0n) is 13.6. The second-order valence-electron chi connectivity index (χ2n) is 7.53. The Morgan fingerprint density at radius 1 is 1.14 bits per heavy atom. The second-order valence-corrected chi connectivity index (χ2v) is 7.53. The number of rotatable bonds is 3. The first-order chi connectivity index (χ1) is 10.2. The van der Waals surface area contributed by atoms with Gasteiger partial charge < -0.3 is 4.74 Å². The molecular formula is C18H31NO2. The Labute approximate surface area is 129 Å². The Morgan fingerprint density at radius 3 is 2.71 bits per heavy atom. The molecule has 0 radical (unpaired) electrons. The Balaban J connectivity index is 1.70. The highest BCUT2D eigenvalue weighted by atomic mass is 16.5. The van der Waals surface area contributed by atoms with Gasteiger partial charge in [0.1, 0.15) is 5.78 Å². The summed E-state index contributed by atoms with van der Waals surface area (Å²) in [6, 6.07) is 1.14. The van der Waals surface area contributed by atoms with Crippen molar-refractivity contribution in [1.82, 2.24) is 4.90 Å². The van der Waals surface area contributed by atoms with E-state index in [1.807, 2.05) is 0 Å². The van der Waals surface area contributed by atoms with Crippen molar-refractivity contribution < 1.29 is 9.53 Å². The van der Waals surface area contributed by atoms with Crippen LogP contribution in [-0.2, 0) is 9.53 Å². The van der Waals surface area contributed by atoms with E-state index < -0.39 is 0 Å². The van der Waals surface area contributed by atoms with Gasteiger partial charge in [-0.1, -0.05) is 25.7 Å². The standard InChI is InChI=1S/C18H31NO2/c1-15(20)13-16-7-3-2-6-11-19(16)17-8-12-21-18(14-17)9-4-5-10-18/h16-17H,2-14H2,1H3. The van der Waals surface area contributed by atoms with Crippen LogP contribution >= 0.6 is 0 Å². The maximum Gasteiger partial charge on any atom is 0.131 e. The van der Waals surface area contributed by atoms with E-state index >= 15 is 0 Å². The summed E-state index contributed by atoms with van der Waals surface area (Å²) in [5.74, 6) is 0.356. The van der Waals surface area contributed by atoms with Crippen molar-refractivity contribution in [1.29, 1.82) is 0 Å². The molecule has 2 unspecified atom stereocenters. The van der Waals surface area contributed by atoms with Crippen LogP contribution in [0.15, 0.2) is 0 Å². The number of Topliss-reactive ketones (excluding diaryl/α,β-unsaturated/α-hetero) is 1. The largest absolute Gasteiger partial charge is 0.375 e. The van der Waals surface area contributed by atoms with E-state index in [9.17, 15) is 4.79 Å². The maximum atomic E-state index is 11.7. The Hall–Kier alpha value is -0.410. The fourth-order valence-corrected chi connectivity index (χ4v) is 4.88. The van der Waals surface area contributed by atoms with E-state index in [0.717, 1.165) is 19.4 Å². The van der Waals surface area contributed by atoms with Crippen molar-refractivity contribution in [2.75, 3.05) is 13.2 Å². The predicted octanol–water partition coefficient (Wildman–Crippen LogP) is 3.70. The zero-order chi connectivity index (χ0) is 14.7. The van der Waals surface area contributed by atoms with Crippen molar-refractivity contribution in [2.45, 2.75) is 95.2 Å². The number of hydrogen-bond donors (Lipinski definition) is 0. The summed E-state index contributed by atoms with van der Waals surface area (Å²) in [5.41, 5.74) is 0.190. The molecular weight excluding hydrogens is 262 g/mol. The molecule has 3 nitrogen and oxygen atoms in total. The maximum absolute atomic E-state index is 11.7. The molecule has 3 aliphatic rings. The van der Waals surface area contributed by atoms with Crippen LogP contribution < -0.4 is 0 Å². The van der Waals surface area contributed by atoms with Gasteiger partial charge in [0.15, 0.2) is 0 Å². The lowest BCUT2D eigenvalue weighted by molar-refractivity contribution is -0.121. The lowest BCUT2D eigenvalue weighted by atomic mass is 9.87. The van der Waals surface area contributed by atoms with Crippen molar-refractivity contribution in [3.63, 3.8) is 0 Å². The third-order valence-electron chi connectivity index (χ3n) is 5.90. The SMILES string of the molecule is CC(=O)CC1CCCCCN1C1CCOC2(CCCC2)C1. The average Bonchev–Trinajstić information content (AvgIpc) is 2.76. The number of likely N-dealkylation sites (tertiary alicyclic amines) is 1. The van der Waals surface area contributed by atoms with E-state index in [-0.39, 0.29) is 5.60 Å². The molecule has 1 spiro atoms. The quantitative estimate of drug-likeness (QED) is 0.794. The summed E-state index contributed by atoms with van der Waals surface area (Å²) in [7, 11) is 0. The third-order valence-corrected chi connectivity index (χ3v) is 5.90. The minimum absolute atomic E-state index is 0.190. The third kappa shape index (κ3) is 3.68. The summed E-state index contributed by atoms with van der Waals surface area (Å²) >= 11 is 0. The molecule has 120 valence electrons. The molecule has 1 aliphatic carbocycles. The Morgan fingerprint density at radius 2 is 1.95 bits per heavy atom. The van der Waals surface area contributed by atoms with Gasteiger partial charge in [0.2, 0.25) is 0 Å². The summed E-state index contributed by atoms with van der Waals surface area (Å²) in [6.07, 6.45) is 13.5. The van der Waals surface area contributed by atoms with Crippen molar-refractivity contribution in [3.8, 4) is 0 Å². The topological polar surface area (TPSA) is 29.5 Å². The first-order valence-corrected chi connectivity index (χ1v) is 9.08. The number of nitrogens with zero attached hydrogens (tertiary/aromatic N) is 1. The van der Waals surface area contributed by atoms with Gasteiger partial charge in [-0.25, -0.2) is 0 Å².